The predicted octanol–water partition coefficient (Wildman–Crippen LogP) is 4.72. The molecule has 1 amide bonds. The molecule has 2 fully saturated rings. The normalized spacial score (nSPS) is 16.9. The van der Waals surface area contributed by atoms with Crippen LogP contribution in [0.15, 0.2) is 49.1 Å². The van der Waals surface area contributed by atoms with Crippen LogP contribution in [0.25, 0.3) is 0 Å². The van der Waals surface area contributed by atoms with Crippen molar-refractivity contribution >= 4 is 17.5 Å². The summed E-state index contributed by atoms with van der Waals surface area (Å²) in [6, 6.07) is 8.23. The van der Waals surface area contributed by atoms with E-state index in [9.17, 15) is 4.79 Å². The molecule has 2 saturated heterocycles. The van der Waals surface area contributed by atoms with Crippen LogP contribution in [0.2, 0.25) is 0 Å². The summed E-state index contributed by atoms with van der Waals surface area (Å²) in [5.41, 5.74) is 7.74. The van der Waals surface area contributed by atoms with Gasteiger partial charge >= 0.3 is 6.09 Å². The molecule has 0 atom stereocenters. The lowest BCUT2D eigenvalue weighted by atomic mass is 9.96. The van der Waals surface area contributed by atoms with Gasteiger partial charge in [-0.2, -0.15) is 0 Å². The largest absolute Gasteiger partial charge is 0.444 e. The molecule has 2 aromatic rings. The highest BCUT2D eigenvalue weighted by atomic mass is 16.6. The number of rotatable bonds is 5. The van der Waals surface area contributed by atoms with E-state index >= 15 is 0 Å². The van der Waals surface area contributed by atoms with Crippen LogP contribution in [-0.2, 0) is 4.74 Å². The number of nitrogens with one attached hydrogen (secondary N) is 1. The monoisotopic (exact) mass is 498 g/mol. The van der Waals surface area contributed by atoms with Gasteiger partial charge in [0.05, 0.1) is 0 Å². The Balaban J connectivity index is 0.000000265. The molecule has 200 valence electrons. The number of pyridine rings is 2. The van der Waals surface area contributed by atoms with E-state index in [1.54, 1.807) is 0 Å². The van der Waals surface area contributed by atoms with Gasteiger partial charge in [-0.3, -0.25) is 9.97 Å². The molecule has 2 aliphatic rings. The minimum Gasteiger partial charge on any atom is -0.444 e. The minimum absolute atomic E-state index is 0. The van der Waals surface area contributed by atoms with Gasteiger partial charge in [-0.25, -0.2) is 4.79 Å². The van der Waals surface area contributed by atoms with Crippen LogP contribution in [0.3, 0.4) is 0 Å². The zero-order valence-electron chi connectivity index (χ0n) is 21.5. The first-order chi connectivity index (χ1) is 16.8. The fraction of sp³-hybridized carbons (Fsp3) is 0.607. The van der Waals surface area contributed by atoms with Crippen molar-refractivity contribution < 1.29 is 9.53 Å². The van der Waals surface area contributed by atoms with Gasteiger partial charge in [-0.1, -0.05) is 7.43 Å². The average Bonchev–Trinajstić information content (AvgIpc) is 2.88. The molecule has 36 heavy (non-hydrogen) atoms. The number of alkyl carbamates (subject to hydrolysis) is 1. The quantitative estimate of drug-likeness (QED) is 0.616. The number of carbonyl (C=O) groups is 1. The minimum atomic E-state index is -0.436. The molecule has 3 N–H and O–H groups in total. The average molecular weight is 499 g/mol. The second-order valence-electron chi connectivity index (χ2n) is 10.4. The smallest absolute Gasteiger partial charge is 0.407 e. The molecule has 8 nitrogen and oxygen atoms in total. The number of hydrogen-bond acceptors (Lipinski definition) is 7. The Morgan fingerprint density at radius 2 is 1.31 bits per heavy atom. The SMILES string of the molecule is C.CC(C)(C)OC(=O)NCC1CCN(c2ccncc2)CC1.NCC1CCN(c2ccncc2)CC1. The third kappa shape index (κ3) is 10.0. The van der Waals surface area contributed by atoms with Gasteiger partial charge in [0.15, 0.2) is 0 Å². The van der Waals surface area contributed by atoms with Crippen molar-refractivity contribution in [3.63, 3.8) is 0 Å². The van der Waals surface area contributed by atoms with Crippen LogP contribution in [0, 0.1) is 11.8 Å². The van der Waals surface area contributed by atoms with E-state index in [4.69, 9.17) is 10.5 Å². The highest BCUT2D eigenvalue weighted by molar-refractivity contribution is 5.67. The Bertz CT molecular complexity index is 859. The van der Waals surface area contributed by atoms with Gasteiger partial charge in [0.1, 0.15) is 5.60 Å². The number of nitrogens with zero attached hydrogens (tertiary/aromatic N) is 4. The topological polar surface area (TPSA) is 96.6 Å². The summed E-state index contributed by atoms with van der Waals surface area (Å²) < 4.78 is 5.25. The van der Waals surface area contributed by atoms with E-state index in [-0.39, 0.29) is 13.5 Å². The molecule has 8 heteroatoms. The van der Waals surface area contributed by atoms with E-state index in [0.29, 0.717) is 12.5 Å². The zero-order valence-corrected chi connectivity index (χ0v) is 21.5. The lowest BCUT2D eigenvalue weighted by molar-refractivity contribution is 0.0517. The summed E-state index contributed by atoms with van der Waals surface area (Å²) in [5.74, 6) is 1.25. The molecule has 0 aliphatic carbocycles. The van der Waals surface area contributed by atoms with Crippen LogP contribution in [-0.4, -0.2) is 60.9 Å². The number of nitrogens with two attached hydrogens (primary N) is 1. The molecule has 0 aromatic carbocycles. The number of piperidine rings is 2. The van der Waals surface area contributed by atoms with Gasteiger partial charge in [-0.15, -0.1) is 0 Å². The van der Waals surface area contributed by atoms with E-state index in [2.05, 4.69) is 37.2 Å². The van der Waals surface area contributed by atoms with Crippen LogP contribution < -0.4 is 20.9 Å². The second-order valence-corrected chi connectivity index (χ2v) is 10.4. The first-order valence-electron chi connectivity index (χ1n) is 12.8. The fourth-order valence-electron chi connectivity index (χ4n) is 4.47. The molecule has 4 rings (SSSR count). The Hall–Kier alpha value is -2.87. The van der Waals surface area contributed by atoms with Crippen LogP contribution >= 0.6 is 0 Å². The molecule has 2 aliphatic heterocycles. The van der Waals surface area contributed by atoms with Crippen molar-refractivity contribution in [1.29, 1.82) is 0 Å². The molecule has 2 aromatic heterocycles. The van der Waals surface area contributed by atoms with Gasteiger partial charge < -0.3 is 25.6 Å². The maximum absolute atomic E-state index is 11.6. The van der Waals surface area contributed by atoms with Gasteiger partial charge in [0.25, 0.3) is 0 Å². The van der Waals surface area contributed by atoms with E-state index in [1.165, 1.54) is 24.2 Å². The number of carbonyl (C=O) groups excluding carboxylic acids is 1. The van der Waals surface area contributed by atoms with Crippen molar-refractivity contribution in [2.75, 3.05) is 49.1 Å². The van der Waals surface area contributed by atoms with Crippen molar-refractivity contribution in [1.82, 2.24) is 15.3 Å². The first-order valence-corrected chi connectivity index (χ1v) is 12.8. The standard InChI is InChI=1S/C16H25N3O2.C11H17N3.CH4/c1-16(2,3)21-15(20)18-12-13-6-10-19(11-7-13)14-4-8-17-9-5-14;12-9-10-3-7-14(8-4-10)11-1-5-13-6-2-11;/h4-5,8-9,13H,6-7,10-12H2,1-3H3,(H,18,20);1-2,5-6,10H,3-4,7-9,12H2;1H4. The molecule has 0 saturated carbocycles. The predicted molar refractivity (Wildman–Crippen MR) is 148 cm³/mol. The van der Waals surface area contributed by atoms with E-state index in [0.717, 1.165) is 51.5 Å². The van der Waals surface area contributed by atoms with Crippen LogP contribution in [0.1, 0.15) is 53.9 Å². The molecule has 0 unspecified atom stereocenters. The highest BCUT2D eigenvalue weighted by Gasteiger charge is 2.22. The lowest BCUT2D eigenvalue weighted by Crippen LogP contribution is -2.40. The molecule has 0 radical (unpaired) electrons. The lowest BCUT2D eigenvalue weighted by Gasteiger charge is -2.33. The maximum atomic E-state index is 11.6. The fourth-order valence-corrected chi connectivity index (χ4v) is 4.47. The molecular formula is C28H46N6O2. The first kappa shape index (κ1) is 29.4. The maximum Gasteiger partial charge on any atom is 0.407 e. The summed E-state index contributed by atoms with van der Waals surface area (Å²) in [4.78, 5) is 24.5. The van der Waals surface area contributed by atoms with Gasteiger partial charge in [0.2, 0.25) is 0 Å². The number of anilines is 2. The van der Waals surface area contributed by atoms with Crippen LogP contribution in [0.5, 0.6) is 0 Å². The third-order valence-electron chi connectivity index (χ3n) is 6.55. The van der Waals surface area contributed by atoms with Crippen LogP contribution in [0.4, 0.5) is 16.2 Å². The Morgan fingerprint density at radius 3 is 1.69 bits per heavy atom. The molecule has 4 heterocycles. The molecule has 0 spiro atoms. The number of ether oxygens (including phenoxy) is 1. The van der Waals surface area contributed by atoms with Gasteiger partial charge in [-0.05, 0) is 89.1 Å². The van der Waals surface area contributed by atoms with Gasteiger partial charge in [0, 0.05) is 68.9 Å². The second kappa shape index (κ2) is 14.6. The van der Waals surface area contributed by atoms with Crippen molar-refractivity contribution in [2.45, 2.75) is 59.5 Å². The summed E-state index contributed by atoms with van der Waals surface area (Å²) >= 11 is 0. The Kier molecular flexibility index (Phi) is 11.9. The molecule has 0 bridgehead atoms. The summed E-state index contributed by atoms with van der Waals surface area (Å²) in [7, 11) is 0. The van der Waals surface area contributed by atoms with E-state index < -0.39 is 5.60 Å². The Labute approximate surface area is 217 Å². The molecular weight excluding hydrogens is 452 g/mol. The zero-order chi connectivity index (χ0) is 25.1. The number of hydrogen-bond donors (Lipinski definition) is 2. The summed E-state index contributed by atoms with van der Waals surface area (Å²) in [6.45, 7) is 11.5. The highest BCUT2D eigenvalue weighted by Crippen LogP contribution is 2.23. The summed E-state index contributed by atoms with van der Waals surface area (Å²) in [5, 5.41) is 2.87. The van der Waals surface area contributed by atoms with Crippen molar-refractivity contribution in [3.8, 4) is 0 Å². The number of aromatic nitrogens is 2. The van der Waals surface area contributed by atoms with E-state index in [1.807, 2.05) is 57.7 Å². The summed E-state index contributed by atoms with van der Waals surface area (Å²) in [6.07, 6.45) is 11.6. The van der Waals surface area contributed by atoms with Crippen molar-refractivity contribution in [3.05, 3.63) is 49.1 Å². The third-order valence-corrected chi connectivity index (χ3v) is 6.55. The van der Waals surface area contributed by atoms with Crippen molar-refractivity contribution in [2.24, 2.45) is 17.6 Å². The Morgan fingerprint density at radius 1 is 0.889 bits per heavy atom. The number of amides is 1.